The molecule has 0 aliphatic rings. The maximum atomic E-state index is 12.3. The third kappa shape index (κ3) is 3.90. The Kier molecular flexibility index (Phi) is 5.01. The molecule has 0 saturated heterocycles. The lowest BCUT2D eigenvalue weighted by Gasteiger charge is -2.15. The van der Waals surface area contributed by atoms with Gasteiger partial charge in [-0.15, -0.1) is 5.10 Å². The van der Waals surface area contributed by atoms with Gasteiger partial charge >= 0.3 is 6.03 Å². The Balaban J connectivity index is 1.64. The van der Waals surface area contributed by atoms with Crippen LogP contribution in [0.4, 0.5) is 10.7 Å². The molecule has 136 valence electrons. The summed E-state index contributed by atoms with van der Waals surface area (Å²) in [6, 6.07) is 7.84. The number of hydrogen-bond acceptors (Lipinski definition) is 4. The summed E-state index contributed by atoms with van der Waals surface area (Å²) in [5.74, 6) is 1.14. The van der Waals surface area contributed by atoms with Crippen molar-refractivity contribution in [2.45, 2.75) is 26.8 Å². The zero-order valence-electron chi connectivity index (χ0n) is 15.5. The number of benzene rings is 1. The molecule has 3 aromatic rings. The maximum Gasteiger partial charge on any atom is 0.324 e. The number of amides is 2. The number of carbonyl (C=O) groups is 1. The average molecular weight is 353 g/mol. The van der Waals surface area contributed by atoms with Crippen LogP contribution in [0.5, 0.6) is 0 Å². The molecule has 0 radical (unpaired) electrons. The second kappa shape index (κ2) is 7.38. The molecule has 8 heteroatoms. The minimum Gasteiger partial charge on any atom is -0.323 e. The van der Waals surface area contributed by atoms with Crippen molar-refractivity contribution in [3.05, 3.63) is 53.6 Å². The molecular formula is C18H23N7O. The molecule has 8 nitrogen and oxygen atoms in total. The van der Waals surface area contributed by atoms with Crippen molar-refractivity contribution in [1.29, 1.82) is 0 Å². The first-order chi connectivity index (χ1) is 12.5. The number of hydrogen-bond donors (Lipinski definition) is 1. The normalized spacial score (nSPS) is 10.8. The van der Waals surface area contributed by atoms with Gasteiger partial charge in [0.25, 0.3) is 0 Å². The van der Waals surface area contributed by atoms with E-state index in [1.807, 2.05) is 50.0 Å². The van der Waals surface area contributed by atoms with Gasteiger partial charge in [0.1, 0.15) is 5.82 Å². The van der Waals surface area contributed by atoms with Crippen LogP contribution < -0.4 is 5.32 Å². The summed E-state index contributed by atoms with van der Waals surface area (Å²) in [6.45, 7) is 4.47. The molecule has 26 heavy (non-hydrogen) atoms. The Morgan fingerprint density at radius 2 is 2.15 bits per heavy atom. The molecule has 0 bridgehead atoms. The zero-order chi connectivity index (χ0) is 18.7. The Morgan fingerprint density at radius 3 is 2.85 bits per heavy atom. The number of aryl methyl sites for hydroxylation is 3. The van der Waals surface area contributed by atoms with E-state index in [1.165, 1.54) is 5.56 Å². The van der Waals surface area contributed by atoms with Gasteiger partial charge in [0.15, 0.2) is 0 Å². The van der Waals surface area contributed by atoms with Gasteiger partial charge in [-0.25, -0.2) is 9.48 Å². The third-order valence-electron chi connectivity index (χ3n) is 4.06. The van der Waals surface area contributed by atoms with E-state index >= 15 is 0 Å². The van der Waals surface area contributed by atoms with E-state index in [9.17, 15) is 4.79 Å². The maximum absolute atomic E-state index is 12.3. The molecule has 0 unspecified atom stereocenters. The lowest BCUT2D eigenvalue weighted by atomic mass is 10.2. The van der Waals surface area contributed by atoms with E-state index in [-0.39, 0.29) is 6.03 Å². The Morgan fingerprint density at radius 1 is 1.35 bits per heavy atom. The summed E-state index contributed by atoms with van der Waals surface area (Å²) < 4.78 is 3.48. The van der Waals surface area contributed by atoms with Crippen molar-refractivity contribution in [2.24, 2.45) is 7.05 Å². The van der Waals surface area contributed by atoms with E-state index in [4.69, 9.17) is 0 Å². The van der Waals surface area contributed by atoms with Crippen molar-refractivity contribution < 1.29 is 4.79 Å². The van der Waals surface area contributed by atoms with E-state index in [0.717, 1.165) is 23.5 Å². The monoisotopic (exact) mass is 353 g/mol. The van der Waals surface area contributed by atoms with Gasteiger partial charge in [-0.3, -0.25) is 10.00 Å². The first-order valence-electron chi connectivity index (χ1n) is 8.49. The standard InChI is InChI=1S/C18H23N7O/c1-5-16-20-17(22-24(16)4)21-18(26)23(3)11-14-10-19-25(12-14)15-8-6-7-13(2)9-15/h6-10,12H,5,11H2,1-4H3,(H,21,22,26). The quantitative estimate of drug-likeness (QED) is 0.764. The van der Waals surface area contributed by atoms with Crippen LogP contribution in [0, 0.1) is 6.92 Å². The highest BCUT2D eigenvalue weighted by atomic mass is 16.2. The number of rotatable bonds is 5. The number of nitrogens with zero attached hydrogens (tertiary/aromatic N) is 6. The Bertz CT molecular complexity index is 912. The highest BCUT2D eigenvalue weighted by Gasteiger charge is 2.14. The summed E-state index contributed by atoms with van der Waals surface area (Å²) >= 11 is 0. The zero-order valence-corrected chi connectivity index (χ0v) is 15.5. The lowest BCUT2D eigenvalue weighted by molar-refractivity contribution is 0.220. The molecule has 1 N–H and O–H groups in total. The minimum atomic E-state index is -0.262. The number of anilines is 1. The van der Waals surface area contributed by atoms with E-state index in [2.05, 4.69) is 26.6 Å². The molecule has 0 spiro atoms. The smallest absolute Gasteiger partial charge is 0.323 e. The first-order valence-corrected chi connectivity index (χ1v) is 8.49. The summed E-state index contributed by atoms with van der Waals surface area (Å²) in [6.07, 6.45) is 4.44. The lowest BCUT2D eigenvalue weighted by Crippen LogP contribution is -2.31. The molecule has 2 heterocycles. The van der Waals surface area contributed by atoms with Crippen molar-refractivity contribution >= 4 is 12.0 Å². The first kappa shape index (κ1) is 17.7. The van der Waals surface area contributed by atoms with Gasteiger partial charge in [-0.05, 0) is 24.6 Å². The van der Waals surface area contributed by atoms with Crippen LogP contribution in [0.25, 0.3) is 5.69 Å². The number of carbonyl (C=O) groups excluding carboxylic acids is 1. The van der Waals surface area contributed by atoms with Crippen LogP contribution in [-0.4, -0.2) is 42.5 Å². The van der Waals surface area contributed by atoms with E-state index in [0.29, 0.717) is 12.5 Å². The molecule has 2 aromatic heterocycles. The number of urea groups is 1. The fourth-order valence-electron chi connectivity index (χ4n) is 2.67. The van der Waals surface area contributed by atoms with E-state index in [1.54, 1.807) is 22.8 Å². The van der Waals surface area contributed by atoms with Crippen molar-refractivity contribution in [1.82, 2.24) is 29.4 Å². The predicted molar refractivity (Wildman–Crippen MR) is 99.2 cm³/mol. The third-order valence-corrected chi connectivity index (χ3v) is 4.06. The number of aromatic nitrogens is 5. The van der Waals surface area contributed by atoms with Gasteiger partial charge in [-0.1, -0.05) is 19.1 Å². The summed E-state index contributed by atoms with van der Waals surface area (Å²) in [4.78, 5) is 18.2. The molecule has 0 saturated carbocycles. The predicted octanol–water partition coefficient (Wildman–Crippen LogP) is 2.54. The highest BCUT2D eigenvalue weighted by molar-refractivity contribution is 5.87. The molecule has 0 aliphatic heterocycles. The second-order valence-electron chi connectivity index (χ2n) is 6.25. The van der Waals surface area contributed by atoms with Gasteiger partial charge in [0.2, 0.25) is 5.95 Å². The van der Waals surface area contributed by atoms with Crippen LogP contribution in [0.3, 0.4) is 0 Å². The van der Waals surface area contributed by atoms with Gasteiger partial charge in [0.05, 0.1) is 18.4 Å². The number of nitrogens with one attached hydrogen (secondary N) is 1. The van der Waals surface area contributed by atoms with Crippen LogP contribution >= 0.6 is 0 Å². The van der Waals surface area contributed by atoms with E-state index < -0.39 is 0 Å². The SMILES string of the molecule is CCc1nc(NC(=O)N(C)Cc2cnn(-c3cccc(C)c3)c2)nn1C. The van der Waals surface area contributed by atoms with Crippen molar-refractivity contribution in [3.8, 4) is 5.69 Å². The van der Waals surface area contributed by atoms with Crippen LogP contribution in [-0.2, 0) is 20.0 Å². The molecule has 0 fully saturated rings. The Hall–Kier alpha value is -3.16. The molecule has 0 atom stereocenters. The largest absolute Gasteiger partial charge is 0.324 e. The Labute approximate surface area is 152 Å². The van der Waals surface area contributed by atoms with Crippen LogP contribution in [0.1, 0.15) is 23.9 Å². The van der Waals surface area contributed by atoms with Crippen LogP contribution in [0.15, 0.2) is 36.7 Å². The van der Waals surface area contributed by atoms with Gasteiger partial charge in [-0.2, -0.15) is 10.1 Å². The minimum absolute atomic E-state index is 0.262. The van der Waals surface area contributed by atoms with Gasteiger partial charge < -0.3 is 4.90 Å². The van der Waals surface area contributed by atoms with Crippen LogP contribution in [0.2, 0.25) is 0 Å². The summed E-state index contributed by atoms with van der Waals surface area (Å²) in [5, 5.41) is 11.3. The fraction of sp³-hybridized carbons (Fsp3) is 0.333. The molecule has 0 aliphatic carbocycles. The molecular weight excluding hydrogens is 330 g/mol. The molecule has 1 aromatic carbocycles. The average Bonchev–Trinajstić information content (AvgIpc) is 3.21. The van der Waals surface area contributed by atoms with Crippen molar-refractivity contribution in [2.75, 3.05) is 12.4 Å². The summed E-state index contributed by atoms with van der Waals surface area (Å²) in [5.41, 5.74) is 3.10. The summed E-state index contributed by atoms with van der Waals surface area (Å²) in [7, 11) is 3.54. The second-order valence-corrected chi connectivity index (χ2v) is 6.25. The topological polar surface area (TPSA) is 80.9 Å². The van der Waals surface area contributed by atoms with Gasteiger partial charge in [0, 0.05) is 32.3 Å². The fourth-order valence-corrected chi connectivity index (χ4v) is 2.67. The highest BCUT2D eigenvalue weighted by Crippen LogP contribution is 2.12. The molecule has 3 rings (SSSR count). The van der Waals surface area contributed by atoms with Crippen molar-refractivity contribution in [3.63, 3.8) is 0 Å². The molecule has 2 amide bonds.